The van der Waals surface area contributed by atoms with Gasteiger partial charge in [0, 0.05) is 36.1 Å². The van der Waals surface area contributed by atoms with E-state index < -0.39 is 18.2 Å². The van der Waals surface area contributed by atoms with E-state index in [4.69, 9.17) is 0 Å². The van der Waals surface area contributed by atoms with Crippen LogP contribution < -0.4 is 16.0 Å². The first-order valence-corrected chi connectivity index (χ1v) is 12.8. The SMILES string of the molecule is CN[C@@H](C)C(=O)N[C@H](C(=O)N1C[C@@H](O)[C@H]2NC[C@H](c3c[nH]c4cc(F)ccc34)[C@H]21)C1CCCCC1. The number of hydrogen-bond acceptors (Lipinski definition) is 5. The van der Waals surface area contributed by atoms with E-state index in [2.05, 4.69) is 20.9 Å². The van der Waals surface area contributed by atoms with E-state index in [9.17, 15) is 19.1 Å². The molecule has 9 heteroatoms. The minimum absolute atomic E-state index is 0.0562. The van der Waals surface area contributed by atoms with Gasteiger partial charge in [-0.15, -0.1) is 0 Å². The molecule has 1 aliphatic carbocycles. The number of likely N-dealkylation sites (N-methyl/N-ethyl adjacent to an activating group) is 1. The van der Waals surface area contributed by atoms with Crippen LogP contribution in [0.4, 0.5) is 4.39 Å². The van der Waals surface area contributed by atoms with Crippen molar-refractivity contribution in [2.24, 2.45) is 5.92 Å². The minimum Gasteiger partial charge on any atom is -0.390 e. The van der Waals surface area contributed by atoms with Crippen molar-refractivity contribution in [2.45, 2.75) is 75.2 Å². The van der Waals surface area contributed by atoms with Gasteiger partial charge in [0.15, 0.2) is 0 Å². The summed E-state index contributed by atoms with van der Waals surface area (Å²) in [6.07, 6.45) is 6.28. The fourth-order valence-electron chi connectivity index (χ4n) is 6.36. The van der Waals surface area contributed by atoms with Gasteiger partial charge in [0.1, 0.15) is 11.9 Å². The van der Waals surface area contributed by atoms with Crippen molar-refractivity contribution in [1.82, 2.24) is 25.8 Å². The number of carbonyl (C=O) groups is 2. The summed E-state index contributed by atoms with van der Waals surface area (Å²) in [6.45, 7) is 2.62. The van der Waals surface area contributed by atoms with E-state index in [-0.39, 0.29) is 48.1 Å². The van der Waals surface area contributed by atoms with Crippen LogP contribution in [0.2, 0.25) is 0 Å². The normalized spacial score (nSPS) is 28.7. The molecule has 0 unspecified atom stereocenters. The summed E-state index contributed by atoms with van der Waals surface area (Å²) in [5.41, 5.74) is 1.72. The summed E-state index contributed by atoms with van der Waals surface area (Å²) < 4.78 is 13.8. The van der Waals surface area contributed by atoms with Crippen molar-refractivity contribution in [1.29, 1.82) is 0 Å². The molecular weight excluding hydrogens is 449 g/mol. The highest BCUT2D eigenvalue weighted by Gasteiger charge is 2.53. The second-order valence-corrected chi connectivity index (χ2v) is 10.4. The van der Waals surface area contributed by atoms with E-state index in [1.165, 1.54) is 12.1 Å². The molecule has 5 rings (SSSR count). The zero-order valence-corrected chi connectivity index (χ0v) is 20.4. The van der Waals surface area contributed by atoms with Crippen LogP contribution in [0.15, 0.2) is 24.4 Å². The number of aromatic nitrogens is 1. The molecule has 0 bridgehead atoms. The maximum absolute atomic E-state index is 14.1. The fraction of sp³-hybridized carbons (Fsp3) is 0.615. The molecule has 2 aliphatic heterocycles. The number of β-amino-alcohol motifs (C(OH)–C–C–N with tert-alkyl or cyclic N) is 1. The quantitative estimate of drug-likeness (QED) is 0.427. The molecule has 5 N–H and O–H groups in total. The standard InChI is InChI=1S/C26H36FN5O3/c1-14(28-2)25(34)31-22(15-6-4-3-5-7-15)26(35)32-13-21(33)23-24(32)19(12-30-23)18-11-29-20-10-16(27)8-9-17(18)20/h8-11,14-15,19,21-24,28-30,33H,3-7,12-13H2,1-2H3,(H,31,34)/t14-,19+,21+,22-,23+,24+/m0/s1. The van der Waals surface area contributed by atoms with Crippen LogP contribution in [0.5, 0.6) is 0 Å². The molecule has 8 nitrogen and oxygen atoms in total. The first-order valence-electron chi connectivity index (χ1n) is 12.8. The molecule has 6 atom stereocenters. The Morgan fingerprint density at radius 1 is 1.23 bits per heavy atom. The van der Waals surface area contributed by atoms with Gasteiger partial charge < -0.3 is 30.9 Å². The number of carbonyl (C=O) groups excluding carboxylic acids is 2. The van der Waals surface area contributed by atoms with Crippen molar-refractivity contribution in [2.75, 3.05) is 20.1 Å². The van der Waals surface area contributed by atoms with Crippen LogP contribution in [0.1, 0.15) is 50.5 Å². The lowest BCUT2D eigenvalue weighted by Crippen LogP contribution is -2.57. The second-order valence-electron chi connectivity index (χ2n) is 10.4. The number of aromatic amines is 1. The summed E-state index contributed by atoms with van der Waals surface area (Å²) in [4.78, 5) is 31.9. The molecule has 3 fully saturated rings. The Kier molecular flexibility index (Phi) is 6.83. The van der Waals surface area contributed by atoms with Gasteiger partial charge in [-0.1, -0.05) is 19.3 Å². The molecule has 3 heterocycles. The summed E-state index contributed by atoms with van der Waals surface area (Å²) in [5, 5.41) is 21.2. The third kappa shape index (κ3) is 4.45. The van der Waals surface area contributed by atoms with Crippen LogP contribution in [-0.4, -0.2) is 77.2 Å². The molecule has 3 aliphatic rings. The summed E-state index contributed by atoms with van der Waals surface area (Å²) in [7, 11) is 1.73. The van der Waals surface area contributed by atoms with E-state index in [1.54, 1.807) is 24.9 Å². The van der Waals surface area contributed by atoms with Crippen molar-refractivity contribution in [3.05, 3.63) is 35.8 Å². The zero-order chi connectivity index (χ0) is 24.7. The lowest BCUT2D eigenvalue weighted by molar-refractivity contribution is -0.140. The molecule has 1 saturated carbocycles. The number of H-pyrrole nitrogens is 1. The fourth-order valence-corrected chi connectivity index (χ4v) is 6.36. The molecule has 2 saturated heterocycles. The number of amides is 2. The molecule has 2 aromatic rings. The molecule has 190 valence electrons. The first-order chi connectivity index (χ1) is 16.9. The zero-order valence-electron chi connectivity index (χ0n) is 20.4. The smallest absolute Gasteiger partial charge is 0.245 e. The molecule has 1 aromatic heterocycles. The number of fused-ring (bicyclic) bond motifs is 2. The van der Waals surface area contributed by atoms with Gasteiger partial charge in [0.05, 0.1) is 24.2 Å². The van der Waals surface area contributed by atoms with E-state index in [1.807, 2.05) is 6.20 Å². The largest absolute Gasteiger partial charge is 0.390 e. The van der Waals surface area contributed by atoms with Gasteiger partial charge in [-0.25, -0.2) is 4.39 Å². The van der Waals surface area contributed by atoms with Crippen molar-refractivity contribution in [3.63, 3.8) is 0 Å². The Hall–Kier alpha value is -2.49. The van der Waals surface area contributed by atoms with Gasteiger partial charge in [0.25, 0.3) is 0 Å². The van der Waals surface area contributed by atoms with Gasteiger partial charge in [-0.3, -0.25) is 9.59 Å². The molecule has 0 radical (unpaired) electrons. The topological polar surface area (TPSA) is 109 Å². The van der Waals surface area contributed by atoms with Crippen molar-refractivity contribution >= 4 is 22.7 Å². The number of nitrogens with zero attached hydrogens (tertiary/aromatic N) is 1. The molecule has 35 heavy (non-hydrogen) atoms. The van der Waals surface area contributed by atoms with Crippen LogP contribution in [0.3, 0.4) is 0 Å². The van der Waals surface area contributed by atoms with Gasteiger partial charge >= 0.3 is 0 Å². The van der Waals surface area contributed by atoms with E-state index in [0.717, 1.165) is 43.1 Å². The number of hydrogen-bond donors (Lipinski definition) is 5. The molecule has 2 amide bonds. The Morgan fingerprint density at radius 3 is 2.74 bits per heavy atom. The van der Waals surface area contributed by atoms with Crippen LogP contribution in [0, 0.1) is 11.7 Å². The van der Waals surface area contributed by atoms with Crippen LogP contribution in [0.25, 0.3) is 10.9 Å². The predicted molar refractivity (Wildman–Crippen MR) is 131 cm³/mol. The number of halogens is 1. The van der Waals surface area contributed by atoms with Crippen LogP contribution >= 0.6 is 0 Å². The summed E-state index contributed by atoms with van der Waals surface area (Å²) in [5.74, 6) is -0.570. The van der Waals surface area contributed by atoms with Gasteiger partial charge in [-0.05, 0) is 56.5 Å². The summed E-state index contributed by atoms with van der Waals surface area (Å²) in [6, 6.07) is 3.19. The average molecular weight is 486 g/mol. The third-order valence-electron chi connectivity index (χ3n) is 8.38. The number of aliphatic hydroxyl groups is 1. The molecule has 1 aromatic carbocycles. The number of likely N-dealkylation sites (tertiary alicyclic amines) is 1. The highest BCUT2D eigenvalue weighted by molar-refractivity contribution is 5.90. The highest BCUT2D eigenvalue weighted by atomic mass is 19.1. The third-order valence-corrected chi connectivity index (χ3v) is 8.38. The van der Waals surface area contributed by atoms with Gasteiger partial charge in [-0.2, -0.15) is 0 Å². The maximum atomic E-state index is 14.1. The predicted octanol–water partition coefficient (Wildman–Crippen LogP) is 1.61. The summed E-state index contributed by atoms with van der Waals surface area (Å²) >= 11 is 0. The molecular formula is C26H36FN5O3. The molecule has 0 spiro atoms. The van der Waals surface area contributed by atoms with Crippen LogP contribution in [-0.2, 0) is 9.59 Å². The lowest BCUT2D eigenvalue weighted by atomic mass is 9.82. The van der Waals surface area contributed by atoms with Crippen molar-refractivity contribution < 1.29 is 19.1 Å². The highest BCUT2D eigenvalue weighted by Crippen LogP contribution is 2.40. The van der Waals surface area contributed by atoms with E-state index in [0.29, 0.717) is 12.1 Å². The number of nitrogens with one attached hydrogen (secondary N) is 4. The number of aliphatic hydroxyl groups excluding tert-OH is 1. The Balaban J connectivity index is 1.45. The Labute approximate surface area is 205 Å². The lowest BCUT2D eigenvalue weighted by Gasteiger charge is -2.36. The van der Waals surface area contributed by atoms with E-state index >= 15 is 0 Å². The minimum atomic E-state index is -0.685. The first kappa shape index (κ1) is 24.2. The van der Waals surface area contributed by atoms with Crippen molar-refractivity contribution in [3.8, 4) is 0 Å². The van der Waals surface area contributed by atoms with Gasteiger partial charge in [0.2, 0.25) is 11.8 Å². The number of rotatable bonds is 6. The average Bonchev–Trinajstić information content (AvgIpc) is 3.56. The Bertz CT molecular complexity index is 1080. The monoisotopic (exact) mass is 485 g/mol. The maximum Gasteiger partial charge on any atom is 0.245 e. The second kappa shape index (κ2) is 9.87. The Morgan fingerprint density at radius 2 is 2.00 bits per heavy atom. The number of benzene rings is 1.